The zero-order valence-corrected chi connectivity index (χ0v) is 5.95. The molecule has 1 N–H and O–H groups in total. The van der Waals surface area contributed by atoms with Gasteiger partial charge in [-0.05, 0) is 0 Å². The lowest BCUT2D eigenvalue weighted by atomic mass is 10.4. The van der Waals surface area contributed by atoms with Crippen molar-refractivity contribution in [1.29, 1.82) is 5.26 Å². The molecule has 0 aromatic carbocycles. The Morgan fingerprint density at radius 3 is 2.67 bits per heavy atom. The maximum atomic E-state index is 8.27. The fraction of sp³-hybridized carbons (Fsp3) is 0.800. The third-order valence-corrected chi connectivity index (χ3v) is 1.95. The summed E-state index contributed by atoms with van der Waals surface area (Å²) in [5, 5.41) is 13.5. The second-order valence-electron chi connectivity index (χ2n) is 1.86. The molecule has 1 aliphatic rings. The van der Waals surface area contributed by atoms with Crippen LogP contribution in [-0.4, -0.2) is 30.5 Å². The summed E-state index contributed by atoms with van der Waals surface area (Å²) >= 11 is 1.25. The summed E-state index contributed by atoms with van der Waals surface area (Å²) in [6.45, 7) is 3.99. The molecule has 0 aromatic rings. The van der Waals surface area contributed by atoms with Crippen molar-refractivity contribution in [3.63, 3.8) is 0 Å². The number of nitrogens with one attached hydrogen (secondary N) is 1. The van der Waals surface area contributed by atoms with Gasteiger partial charge in [0.05, 0.1) is 0 Å². The van der Waals surface area contributed by atoms with Crippen molar-refractivity contribution >= 4 is 11.9 Å². The van der Waals surface area contributed by atoms with Gasteiger partial charge in [0.15, 0.2) is 0 Å². The molecule has 0 aromatic heterocycles. The van der Waals surface area contributed by atoms with Crippen molar-refractivity contribution in [1.82, 2.24) is 9.62 Å². The number of hydrogen-bond acceptors (Lipinski definition) is 4. The van der Waals surface area contributed by atoms with E-state index >= 15 is 0 Å². The highest BCUT2D eigenvalue weighted by Gasteiger charge is 2.08. The highest BCUT2D eigenvalue weighted by Crippen LogP contribution is 2.06. The molecule has 1 fully saturated rings. The third-order valence-electron chi connectivity index (χ3n) is 1.25. The third kappa shape index (κ3) is 2.22. The van der Waals surface area contributed by atoms with Crippen molar-refractivity contribution < 1.29 is 0 Å². The molecule has 0 amide bonds. The van der Waals surface area contributed by atoms with E-state index in [2.05, 4.69) is 15.0 Å². The van der Waals surface area contributed by atoms with Crippen molar-refractivity contribution in [2.45, 2.75) is 0 Å². The summed E-state index contributed by atoms with van der Waals surface area (Å²) in [5.74, 6) is 0. The first-order valence-corrected chi connectivity index (χ1v) is 3.72. The van der Waals surface area contributed by atoms with E-state index in [0.29, 0.717) is 0 Å². The van der Waals surface area contributed by atoms with Gasteiger partial charge in [-0.15, -0.1) is 0 Å². The van der Waals surface area contributed by atoms with Gasteiger partial charge in [0.2, 0.25) is 0 Å². The lowest BCUT2D eigenvalue weighted by Gasteiger charge is -2.22. The number of thiocyanates is 1. The van der Waals surface area contributed by atoms with Gasteiger partial charge in [-0.25, -0.2) is 4.31 Å². The average Bonchev–Trinajstić information content (AvgIpc) is 1.91. The van der Waals surface area contributed by atoms with Crippen LogP contribution in [-0.2, 0) is 0 Å². The zero-order chi connectivity index (χ0) is 6.53. The van der Waals surface area contributed by atoms with Crippen LogP contribution in [0.1, 0.15) is 0 Å². The van der Waals surface area contributed by atoms with Crippen molar-refractivity contribution in [3.05, 3.63) is 0 Å². The van der Waals surface area contributed by atoms with Gasteiger partial charge < -0.3 is 5.32 Å². The minimum absolute atomic E-state index is 0.984. The fourth-order valence-electron chi connectivity index (χ4n) is 0.793. The van der Waals surface area contributed by atoms with Crippen LogP contribution in [0.2, 0.25) is 0 Å². The van der Waals surface area contributed by atoms with E-state index < -0.39 is 0 Å². The van der Waals surface area contributed by atoms with Crippen LogP contribution in [0.5, 0.6) is 0 Å². The first-order chi connectivity index (χ1) is 4.43. The monoisotopic (exact) mass is 143 g/mol. The van der Waals surface area contributed by atoms with E-state index in [1.165, 1.54) is 11.9 Å². The Kier molecular flexibility index (Phi) is 2.84. The maximum Gasteiger partial charge on any atom is 0.150 e. The van der Waals surface area contributed by atoms with E-state index in [4.69, 9.17) is 5.26 Å². The molecule has 4 heteroatoms. The van der Waals surface area contributed by atoms with Crippen LogP contribution in [0, 0.1) is 10.7 Å². The van der Waals surface area contributed by atoms with Crippen LogP contribution in [0.4, 0.5) is 0 Å². The number of piperazine rings is 1. The predicted molar refractivity (Wildman–Crippen MR) is 37.6 cm³/mol. The summed E-state index contributed by atoms with van der Waals surface area (Å²) in [7, 11) is 0. The molecule has 0 atom stereocenters. The van der Waals surface area contributed by atoms with Crippen LogP contribution in [0.25, 0.3) is 0 Å². The normalized spacial score (nSPS) is 21.2. The minimum atomic E-state index is 0.984. The van der Waals surface area contributed by atoms with E-state index in [1.54, 1.807) is 0 Å². The van der Waals surface area contributed by atoms with Gasteiger partial charge in [-0.1, -0.05) is 0 Å². The highest BCUT2D eigenvalue weighted by atomic mass is 32.2. The molecule has 0 aliphatic carbocycles. The Balaban J connectivity index is 2.17. The Bertz CT molecular complexity index is 114. The van der Waals surface area contributed by atoms with E-state index in [-0.39, 0.29) is 0 Å². The van der Waals surface area contributed by atoms with Crippen LogP contribution >= 0.6 is 11.9 Å². The largest absolute Gasteiger partial charge is 0.314 e. The van der Waals surface area contributed by atoms with Gasteiger partial charge >= 0.3 is 0 Å². The van der Waals surface area contributed by atoms with Crippen molar-refractivity contribution in [2.75, 3.05) is 26.2 Å². The van der Waals surface area contributed by atoms with Gasteiger partial charge in [-0.3, -0.25) is 0 Å². The Morgan fingerprint density at radius 1 is 1.44 bits per heavy atom. The molecule has 0 spiro atoms. The van der Waals surface area contributed by atoms with Gasteiger partial charge in [-0.2, -0.15) is 5.26 Å². The van der Waals surface area contributed by atoms with E-state index in [9.17, 15) is 0 Å². The first-order valence-electron chi connectivity index (χ1n) is 2.95. The molecule has 0 unspecified atom stereocenters. The summed E-state index contributed by atoms with van der Waals surface area (Å²) < 4.78 is 2.07. The van der Waals surface area contributed by atoms with Crippen molar-refractivity contribution in [2.24, 2.45) is 0 Å². The predicted octanol–water partition coefficient (Wildman–Crippen LogP) is 0.0209. The Labute approximate surface area is 59.2 Å². The number of nitriles is 1. The lowest BCUT2D eigenvalue weighted by molar-refractivity contribution is 0.398. The van der Waals surface area contributed by atoms with Crippen LogP contribution in [0.15, 0.2) is 0 Å². The maximum absolute atomic E-state index is 8.27. The number of hydrogen-bond donors (Lipinski definition) is 1. The van der Waals surface area contributed by atoms with E-state index in [0.717, 1.165) is 26.2 Å². The molecule has 1 saturated heterocycles. The van der Waals surface area contributed by atoms with Gasteiger partial charge in [0.1, 0.15) is 5.40 Å². The standard InChI is InChI=1S/C5H9N3S/c6-5-9-8-3-1-7-2-4-8/h7H,1-4H2. The molecule has 9 heavy (non-hydrogen) atoms. The summed E-state index contributed by atoms with van der Waals surface area (Å²) in [6.07, 6.45) is 0. The molecule has 1 rings (SSSR count). The van der Waals surface area contributed by atoms with Gasteiger partial charge in [0.25, 0.3) is 0 Å². The molecular weight excluding hydrogens is 134 g/mol. The van der Waals surface area contributed by atoms with Crippen LogP contribution in [0.3, 0.4) is 0 Å². The fourth-order valence-corrected chi connectivity index (χ4v) is 1.27. The molecule has 1 heterocycles. The summed E-state index contributed by atoms with van der Waals surface area (Å²) in [4.78, 5) is 0. The molecule has 0 bridgehead atoms. The summed E-state index contributed by atoms with van der Waals surface area (Å²) in [5.41, 5.74) is 0. The minimum Gasteiger partial charge on any atom is -0.314 e. The molecule has 1 aliphatic heterocycles. The SMILES string of the molecule is N#CSN1CCNCC1. The number of nitrogens with zero attached hydrogens (tertiary/aromatic N) is 2. The Hall–Kier alpha value is -0.240. The second kappa shape index (κ2) is 3.72. The zero-order valence-electron chi connectivity index (χ0n) is 5.13. The van der Waals surface area contributed by atoms with Crippen LogP contribution < -0.4 is 5.32 Å². The van der Waals surface area contributed by atoms with Crippen molar-refractivity contribution in [3.8, 4) is 5.40 Å². The molecule has 3 nitrogen and oxygen atoms in total. The van der Waals surface area contributed by atoms with Gasteiger partial charge in [0, 0.05) is 38.1 Å². The average molecular weight is 143 g/mol. The summed E-state index contributed by atoms with van der Waals surface area (Å²) in [6, 6.07) is 0. The topological polar surface area (TPSA) is 39.1 Å². The Morgan fingerprint density at radius 2 is 2.11 bits per heavy atom. The second-order valence-corrected chi connectivity index (χ2v) is 2.74. The molecule has 0 saturated carbocycles. The molecule has 0 radical (unpaired) electrons. The lowest BCUT2D eigenvalue weighted by Crippen LogP contribution is -2.39. The quantitative estimate of drug-likeness (QED) is 0.415. The first kappa shape index (κ1) is 6.87. The number of rotatable bonds is 1. The smallest absolute Gasteiger partial charge is 0.150 e. The van der Waals surface area contributed by atoms with E-state index in [1.807, 2.05) is 0 Å². The molecular formula is C5H9N3S. The molecule has 50 valence electrons. The highest BCUT2D eigenvalue weighted by molar-refractivity contribution is 8.01.